The van der Waals surface area contributed by atoms with Gasteiger partial charge in [0.2, 0.25) is 11.6 Å². The van der Waals surface area contributed by atoms with Crippen LogP contribution in [0.15, 0.2) is 59.6 Å². The summed E-state index contributed by atoms with van der Waals surface area (Å²) in [5.41, 5.74) is -2.30. The standard InChI is InChI=1S/C32H31N5O8S/c1-17-10-12-19(13-11-17)46(43,44)36-16-18(14-15-33-30(41)45-31(2,3)4)22-25(36)27(39)24-23(26(22)38)28(35-34-24)37-21-9-7-6-8-20(21)32(5,42)29(37)40/h6-13,16,42H,14-15H2,1-5H3,(H,33,41)(H,34,35). The van der Waals surface area contributed by atoms with Crippen LogP contribution in [0.5, 0.6) is 0 Å². The summed E-state index contributed by atoms with van der Waals surface area (Å²) >= 11 is 0. The Kier molecular flexibility index (Phi) is 7.05. The van der Waals surface area contributed by atoms with E-state index < -0.39 is 50.5 Å². The summed E-state index contributed by atoms with van der Waals surface area (Å²) in [4.78, 5) is 55.2. The molecule has 4 aromatic rings. The van der Waals surface area contributed by atoms with E-state index in [0.717, 1.165) is 14.4 Å². The van der Waals surface area contributed by atoms with Gasteiger partial charge in [0.15, 0.2) is 11.4 Å². The van der Waals surface area contributed by atoms with E-state index in [2.05, 4.69) is 15.5 Å². The second kappa shape index (κ2) is 10.5. The number of ketones is 2. The summed E-state index contributed by atoms with van der Waals surface area (Å²) in [5.74, 6) is -2.58. The minimum atomic E-state index is -4.37. The third-order valence-corrected chi connectivity index (χ3v) is 9.51. The number of anilines is 2. The fraction of sp³-hybridized carbons (Fsp3) is 0.281. The second-order valence-electron chi connectivity index (χ2n) is 12.4. The van der Waals surface area contributed by atoms with Gasteiger partial charge in [-0.05, 0) is 64.8 Å². The van der Waals surface area contributed by atoms with Gasteiger partial charge in [-0.3, -0.25) is 24.4 Å². The van der Waals surface area contributed by atoms with Crippen molar-refractivity contribution in [3.05, 3.63) is 93.9 Å². The van der Waals surface area contributed by atoms with E-state index in [9.17, 15) is 32.7 Å². The van der Waals surface area contributed by atoms with Crippen LogP contribution in [0, 0.1) is 6.92 Å². The van der Waals surface area contributed by atoms with Gasteiger partial charge in [0.1, 0.15) is 17.0 Å². The number of carbonyl (C=O) groups is 4. The molecular formula is C32H31N5O8S. The van der Waals surface area contributed by atoms with Crippen molar-refractivity contribution in [2.24, 2.45) is 0 Å². The molecule has 1 unspecified atom stereocenters. The highest BCUT2D eigenvalue weighted by atomic mass is 32.2. The number of amides is 2. The minimum Gasteiger partial charge on any atom is -0.444 e. The number of rotatable bonds is 6. The number of aromatic amines is 1. The normalized spacial score (nSPS) is 17.5. The second-order valence-corrected chi connectivity index (χ2v) is 14.2. The minimum absolute atomic E-state index is 0.0419. The number of ether oxygens (including phenoxy) is 1. The maximum absolute atomic E-state index is 14.4. The van der Waals surface area contributed by atoms with Gasteiger partial charge < -0.3 is 15.2 Å². The lowest BCUT2D eigenvalue weighted by Crippen LogP contribution is -2.36. The molecule has 1 atom stereocenters. The van der Waals surface area contributed by atoms with Crippen LogP contribution >= 0.6 is 0 Å². The van der Waals surface area contributed by atoms with Gasteiger partial charge in [0.25, 0.3) is 15.9 Å². The van der Waals surface area contributed by atoms with Gasteiger partial charge in [-0.15, -0.1) is 0 Å². The zero-order valence-electron chi connectivity index (χ0n) is 25.7. The average Bonchev–Trinajstić information content (AvgIpc) is 3.64. The molecule has 1 aliphatic carbocycles. The van der Waals surface area contributed by atoms with E-state index >= 15 is 0 Å². The van der Waals surface area contributed by atoms with Gasteiger partial charge in [-0.2, -0.15) is 5.10 Å². The number of nitrogens with one attached hydrogen (secondary N) is 2. The first-order valence-electron chi connectivity index (χ1n) is 14.4. The van der Waals surface area contributed by atoms with Crippen LogP contribution in [0.4, 0.5) is 16.3 Å². The topological polar surface area (TPSA) is 181 Å². The lowest BCUT2D eigenvalue weighted by atomic mass is 9.89. The van der Waals surface area contributed by atoms with Crippen molar-refractivity contribution in [1.29, 1.82) is 0 Å². The molecule has 2 amide bonds. The van der Waals surface area contributed by atoms with Crippen molar-refractivity contribution in [2.45, 2.75) is 57.1 Å². The molecule has 0 saturated carbocycles. The molecule has 2 aromatic carbocycles. The zero-order chi connectivity index (χ0) is 33.3. The quantitative estimate of drug-likeness (QED) is 0.249. The summed E-state index contributed by atoms with van der Waals surface area (Å²) in [6.07, 6.45) is 0.444. The van der Waals surface area contributed by atoms with Crippen molar-refractivity contribution in [3.8, 4) is 0 Å². The van der Waals surface area contributed by atoms with E-state index in [1.165, 1.54) is 25.3 Å². The Morgan fingerprint density at radius 2 is 1.72 bits per heavy atom. The number of hydrogen-bond donors (Lipinski definition) is 3. The molecule has 14 heteroatoms. The first kappa shape index (κ1) is 30.9. The summed E-state index contributed by atoms with van der Waals surface area (Å²) in [6, 6.07) is 12.5. The van der Waals surface area contributed by atoms with Gasteiger partial charge in [-0.25, -0.2) is 17.2 Å². The monoisotopic (exact) mass is 645 g/mol. The van der Waals surface area contributed by atoms with Gasteiger partial charge >= 0.3 is 6.09 Å². The molecule has 2 aromatic heterocycles. The fourth-order valence-corrected chi connectivity index (χ4v) is 7.05. The van der Waals surface area contributed by atoms with Crippen LogP contribution < -0.4 is 10.2 Å². The van der Waals surface area contributed by atoms with Gasteiger partial charge in [-0.1, -0.05) is 35.9 Å². The number of hydrogen-bond acceptors (Lipinski definition) is 9. The number of fused-ring (bicyclic) bond motifs is 3. The van der Waals surface area contributed by atoms with Crippen molar-refractivity contribution in [2.75, 3.05) is 11.4 Å². The van der Waals surface area contributed by atoms with Crippen molar-refractivity contribution in [1.82, 2.24) is 19.5 Å². The highest BCUT2D eigenvalue weighted by Gasteiger charge is 2.50. The smallest absolute Gasteiger partial charge is 0.407 e. The predicted molar refractivity (Wildman–Crippen MR) is 165 cm³/mol. The number of aryl methyl sites for hydroxylation is 1. The Hall–Kier alpha value is -5.08. The van der Waals surface area contributed by atoms with Crippen LogP contribution in [-0.2, 0) is 31.6 Å². The van der Waals surface area contributed by atoms with Gasteiger partial charge in [0.05, 0.1) is 21.7 Å². The van der Waals surface area contributed by atoms with E-state index in [1.807, 2.05) is 0 Å². The highest BCUT2D eigenvalue weighted by molar-refractivity contribution is 7.90. The molecule has 46 heavy (non-hydrogen) atoms. The Labute approximate surface area is 264 Å². The zero-order valence-corrected chi connectivity index (χ0v) is 26.5. The Bertz CT molecular complexity index is 2070. The predicted octanol–water partition coefficient (Wildman–Crippen LogP) is 3.49. The molecule has 0 spiro atoms. The maximum atomic E-state index is 14.4. The number of H-pyrrole nitrogens is 1. The third kappa shape index (κ3) is 4.81. The molecule has 3 heterocycles. The number of aliphatic hydroxyl groups is 1. The van der Waals surface area contributed by atoms with Crippen LogP contribution in [0.3, 0.4) is 0 Å². The molecule has 0 saturated heterocycles. The van der Waals surface area contributed by atoms with Crippen LogP contribution in [0.1, 0.15) is 76.5 Å². The van der Waals surface area contributed by atoms with E-state index in [-0.39, 0.29) is 57.3 Å². The number of carbonyl (C=O) groups excluding carboxylic acids is 4. The highest BCUT2D eigenvalue weighted by Crippen LogP contribution is 2.46. The first-order valence-corrected chi connectivity index (χ1v) is 15.9. The van der Waals surface area contributed by atoms with E-state index in [4.69, 9.17) is 4.74 Å². The Morgan fingerprint density at radius 3 is 2.39 bits per heavy atom. The number of benzene rings is 2. The summed E-state index contributed by atoms with van der Waals surface area (Å²) < 4.78 is 33.9. The Balaban J connectivity index is 1.47. The third-order valence-electron chi connectivity index (χ3n) is 7.84. The number of aromatic nitrogens is 3. The number of alkyl carbamates (subject to hydrolysis) is 1. The first-order chi connectivity index (χ1) is 21.5. The van der Waals surface area contributed by atoms with E-state index in [0.29, 0.717) is 0 Å². The van der Waals surface area contributed by atoms with Crippen LogP contribution in [0.25, 0.3) is 0 Å². The molecule has 13 nitrogen and oxygen atoms in total. The maximum Gasteiger partial charge on any atom is 0.407 e. The molecule has 3 N–H and O–H groups in total. The van der Waals surface area contributed by atoms with Gasteiger partial charge in [0, 0.05) is 18.3 Å². The lowest BCUT2D eigenvalue weighted by molar-refractivity contribution is -0.133. The summed E-state index contributed by atoms with van der Waals surface area (Å²) in [6.45, 7) is 8.17. The SMILES string of the molecule is Cc1ccc(S(=O)(=O)n2cc(CCNC(=O)OC(C)(C)C)c3c2C(=O)c2[nH]nc(N4C(=O)C(C)(O)c5ccccc54)c2C3=O)cc1. The molecule has 2 aliphatic rings. The molecule has 0 fully saturated rings. The van der Waals surface area contributed by atoms with E-state index in [1.54, 1.807) is 64.1 Å². The molecule has 0 radical (unpaired) electrons. The van der Waals surface area contributed by atoms with Crippen molar-refractivity contribution in [3.63, 3.8) is 0 Å². The summed E-state index contributed by atoms with van der Waals surface area (Å²) in [7, 11) is -4.37. The largest absolute Gasteiger partial charge is 0.444 e. The molecule has 6 rings (SSSR count). The molecular weight excluding hydrogens is 614 g/mol. The van der Waals surface area contributed by atoms with Crippen molar-refractivity contribution < 1.29 is 37.4 Å². The number of nitrogens with zero attached hydrogens (tertiary/aromatic N) is 3. The van der Waals surface area contributed by atoms with Crippen molar-refractivity contribution >= 4 is 45.1 Å². The molecule has 238 valence electrons. The number of para-hydroxylation sites is 1. The van der Waals surface area contributed by atoms with Crippen LogP contribution in [0.2, 0.25) is 0 Å². The molecule has 1 aliphatic heterocycles. The average molecular weight is 646 g/mol. The molecule has 0 bridgehead atoms. The van der Waals surface area contributed by atoms with Crippen LogP contribution in [-0.4, -0.2) is 63.4 Å². The lowest BCUT2D eigenvalue weighted by Gasteiger charge is -2.21. The Morgan fingerprint density at radius 1 is 1.04 bits per heavy atom. The fourth-order valence-electron chi connectivity index (χ4n) is 5.67. The summed E-state index contributed by atoms with van der Waals surface area (Å²) in [5, 5.41) is 20.3.